The summed E-state index contributed by atoms with van der Waals surface area (Å²) in [5.41, 5.74) is 1.67. The smallest absolute Gasteiger partial charge is 0.326 e. The molecule has 0 radical (unpaired) electrons. The first-order valence-electron chi connectivity index (χ1n) is 7.28. The maximum atomic E-state index is 12.1. The van der Waals surface area contributed by atoms with Crippen LogP contribution in [0.3, 0.4) is 0 Å². The molecule has 116 valence electrons. The van der Waals surface area contributed by atoms with Crippen molar-refractivity contribution in [1.82, 2.24) is 5.32 Å². The highest BCUT2D eigenvalue weighted by Gasteiger charge is 2.19. The first-order valence-corrected chi connectivity index (χ1v) is 8.44. The van der Waals surface area contributed by atoms with E-state index < -0.39 is 12.0 Å². The summed E-state index contributed by atoms with van der Waals surface area (Å²) in [7, 11) is 0. The van der Waals surface area contributed by atoms with Crippen LogP contribution in [0.15, 0.2) is 24.3 Å². The Morgan fingerprint density at radius 2 is 1.90 bits per heavy atom. The molecule has 0 unspecified atom stereocenters. The number of hydrogen-bond acceptors (Lipinski definition) is 3. The second-order valence-electron chi connectivity index (χ2n) is 4.84. The number of hydrogen-bond donors (Lipinski definition) is 2. The van der Waals surface area contributed by atoms with Crippen LogP contribution < -0.4 is 5.32 Å². The minimum Gasteiger partial charge on any atom is -0.480 e. The van der Waals surface area contributed by atoms with E-state index in [1.807, 2.05) is 30.8 Å². The molecular weight excluding hydrogens is 286 g/mol. The molecule has 1 rings (SSSR count). The first kappa shape index (κ1) is 17.6. The molecule has 5 heteroatoms. The van der Waals surface area contributed by atoms with Gasteiger partial charge in [-0.2, -0.15) is 11.8 Å². The van der Waals surface area contributed by atoms with Crippen molar-refractivity contribution < 1.29 is 14.7 Å². The van der Waals surface area contributed by atoms with Crippen LogP contribution in [0.2, 0.25) is 0 Å². The first-order chi connectivity index (χ1) is 10.1. The molecule has 1 aromatic carbocycles. The Balaban J connectivity index is 2.62. The van der Waals surface area contributed by atoms with Crippen molar-refractivity contribution in [3.8, 4) is 0 Å². The van der Waals surface area contributed by atoms with Gasteiger partial charge in [0.05, 0.1) is 0 Å². The summed E-state index contributed by atoms with van der Waals surface area (Å²) in [5, 5.41) is 11.7. The summed E-state index contributed by atoms with van der Waals surface area (Å²) in [6.45, 7) is 4.10. The maximum absolute atomic E-state index is 12.1. The quantitative estimate of drug-likeness (QED) is 0.734. The molecule has 0 bridgehead atoms. The molecule has 0 aliphatic rings. The summed E-state index contributed by atoms with van der Waals surface area (Å²) in [6, 6.07) is 6.52. The molecule has 1 amide bonds. The van der Waals surface area contributed by atoms with Crippen LogP contribution in [-0.2, 0) is 10.5 Å². The van der Waals surface area contributed by atoms with E-state index >= 15 is 0 Å². The van der Waals surface area contributed by atoms with Crippen molar-refractivity contribution in [1.29, 1.82) is 0 Å². The number of amides is 1. The van der Waals surface area contributed by atoms with Gasteiger partial charge in [-0.25, -0.2) is 4.79 Å². The number of benzene rings is 1. The predicted octanol–water partition coefficient (Wildman–Crippen LogP) is 3.31. The normalized spacial score (nSPS) is 11.9. The van der Waals surface area contributed by atoms with E-state index in [4.69, 9.17) is 5.11 Å². The van der Waals surface area contributed by atoms with E-state index in [9.17, 15) is 9.59 Å². The summed E-state index contributed by atoms with van der Waals surface area (Å²) >= 11 is 1.82. The number of thioether (sulfide) groups is 1. The number of nitrogens with one attached hydrogen (secondary N) is 1. The van der Waals surface area contributed by atoms with Crippen LogP contribution >= 0.6 is 11.8 Å². The number of rotatable bonds is 9. The van der Waals surface area contributed by atoms with E-state index in [1.165, 1.54) is 5.56 Å². The van der Waals surface area contributed by atoms with E-state index in [0.29, 0.717) is 12.0 Å². The van der Waals surface area contributed by atoms with Gasteiger partial charge < -0.3 is 10.4 Å². The highest BCUT2D eigenvalue weighted by molar-refractivity contribution is 7.98. The Labute approximate surface area is 130 Å². The lowest BCUT2D eigenvalue weighted by Gasteiger charge is -2.14. The van der Waals surface area contributed by atoms with Crippen molar-refractivity contribution in [2.45, 2.75) is 44.9 Å². The van der Waals surface area contributed by atoms with Crippen LogP contribution in [-0.4, -0.2) is 28.8 Å². The van der Waals surface area contributed by atoms with Crippen LogP contribution in [0, 0.1) is 0 Å². The van der Waals surface area contributed by atoms with Gasteiger partial charge in [0.1, 0.15) is 6.04 Å². The summed E-state index contributed by atoms with van der Waals surface area (Å²) < 4.78 is 0. The van der Waals surface area contributed by atoms with Crippen molar-refractivity contribution in [2.24, 2.45) is 0 Å². The van der Waals surface area contributed by atoms with Crippen molar-refractivity contribution >= 4 is 23.6 Å². The fourth-order valence-corrected chi connectivity index (χ4v) is 2.51. The average Bonchev–Trinajstić information content (AvgIpc) is 2.49. The van der Waals surface area contributed by atoms with Gasteiger partial charge in [0.15, 0.2) is 0 Å². The topological polar surface area (TPSA) is 66.4 Å². The van der Waals surface area contributed by atoms with Crippen molar-refractivity contribution in [2.75, 3.05) is 5.75 Å². The van der Waals surface area contributed by atoms with Crippen molar-refractivity contribution in [3.05, 3.63) is 35.4 Å². The zero-order chi connectivity index (χ0) is 15.7. The number of carboxylic acids is 1. The Morgan fingerprint density at radius 3 is 2.43 bits per heavy atom. The zero-order valence-electron chi connectivity index (χ0n) is 12.6. The number of unbranched alkanes of at least 4 members (excludes halogenated alkanes) is 1. The monoisotopic (exact) mass is 309 g/mol. The van der Waals surface area contributed by atoms with E-state index in [0.717, 1.165) is 24.3 Å². The van der Waals surface area contributed by atoms with Crippen LogP contribution in [0.5, 0.6) is 0 Å². The van der Waals surface area contributed by atoms with Gasteiger partial charge >= 0.3 is 5.97 Å². The van der Waals surface area contributed by atoms with Crippen molar-refractivity contribution in [3.63, 3.8) is 0 Å². The molecule has 21 heavy (non-hydrogen) atoms. The van der Waals surface area contributed by atoms with Crippen LogP contribution in [0.4, 0.5) is 0 Å². The number of carboxylic acid groups (broad SMARTS) is 1. The molecule has 0 spiro atoms. The summed E-state index contributed by atoms with van der Waals surface area (Å²) in [4.78, 5) is 23.2. The van der Waals surface area contributed by atoms with Gasteiger partial charge in [-0.15, -0.1) is 0 Å². The molecule has 0 fully saturated rings. The lowest BCUT2D eigenvalue weighted by molar-refractivity contribution is -0.139. The molecular formula is C16H23NO3S. The Morgan fingerprint density at radius 1 is 1.24 bits per heavy atom. The van der Waals surface area contributed by atoms with Gasteiger partial charge in [-0.3, -0.25) is 4.79 Å². The lowest BCUT2D eigenvalue weighted by Crippen LogP contribution is -2.40. The zero-order valence-corrected chi connectivity index (χ0v) is 13.4. The van der Waals surface area contributed by atoms with E-state index in [2.05, 4.69) is 12.2 Å². The predicted molar refractivity (Wildman–Crippen MR) is 86.7 cm³/mol. The second kappa shape index (κ2) is 9.45. The molecule has 0 aliphatic carbocycles. The molecule has 2 N–H and O–H groups in total. The van der Waals surface area contributed by atoms with Gasteiger partial charge in [-0.1, -0.05) is 38.8 Å². The van der Waals surface area contributed by atoms with Crippen LogP contribution in [0.25, 0.3) is 0 Å². The highest BCUT2D eigenvalue weighted by atomic mass is 32.2. The van der Waals surface area contributed by atoms with E-state index in [1.54, 1.807) is 12.1 Å². The van der Waals surface area contributed by atoms with Gasteiger partial charge in [-0.05, 0) is 29.9 Å². The molecule has 0 saturated heterocycles. The molecule has 1 aromatic rings. The SMILES string of the molecule is CCCC[C@H](NC(=O)c1ccc(CSCC)cc1)C(=O)O. The van der Waals surface area contributed by atoms with Gasteiger partial charge in [0.2, 0.25) is 0 Å². The minimum absolute atomic E-state index is 0.326. The molecule has 0 saturated carbocycles. The third-order valence-electron chi connectivity index (χ3n) is 3.14. The fraction of sp³-hybridized carbons (Fsp3) is 0.500. The molecule has 0 heterocycles. The summed E-state index contributed by atoms with van der Waals surface area (Å²) in [6.07, 6.45) is 2.15. The maximum Gasteiger partial charge on any atom is 0.326 e. The van der Waals surface area contributed by atoms with Gasteiger partial charge in [0, 0.05) is 11.3 Å². The number of carbonyl (C=O) groups is 2. The standard InChI is InChI=1S/C16H23NO3S/c1-3-5-6-14(16(19)20)17-15(18)13-9-7-12(8-10-13)11-21-4-2/h7-10,14H,3-6,11H2,1-2H3,(H,17,18)(H,19,20)/t14-/m0/s1. The van der Waals surface area contributed by atoms with E-state index in [-0.39, 0.29) is 5.91 Å². The highest BCUT2D eigenvalue weighted by Crippen LogP contribution is 2.13. The second-order valence-corrected chi connectivity index (χ2v) is 6.11. The van der Waals surface area contributed by atoms with Crippen LogP contribution in [0.1, 0.15) is 49.0 Å². The minimum atomic E-state index is -0.979. The summed E-state index contributed by atoms with van der Waals surface area (Å²) in [5.74, 6) is 0.674. The molecule has 0 aromatic heterocycles. The largest absolute Gasteiger partial charge is 0.480 e. The molecule has 1 atom stereocenters. The lowest BCUT2D eigenvalue weighted by atomic mass is 10.1. The number of carbonyl (C=O) groups excluding carboxylic acids is 1. The third kappa shape index (κ3) is 6.21. The molecule has 4 nitrogen and oxygen atoms in total. The Hall–Kier alpha value is -1.49. The average molecular weight is 309 g/mol. The number of aliphatic carboxylic acids is 1. The van der Waals surface area contributed by atoms with Gasteiger partial charge in [0.25, 0.3) is 5.91 Å². The molecule has 0 aliphatic heterocycles. The fourth-order valence-electron chi connectivity index (χ4n) is 1.88. The Bertz CT molecular complexity index is 459. The third-order valence-corrected chi connectivity index (χ3v) is 4.08. The Kier molecular flexibility index (Phi) is 7.90.